The summed E-state index contributed by atoms with van der Waals surface area (Å²) in [7, 11) is 0. The molecule has 1 fully saturated rings. The van der Waals surface area contributed by atoms with E-state index >= 15 is 0 Å². The van der Waals surface area contributed by atoms with Crippen molar-refractivity contribution >= 4 is 23.6 Å². The Morgan fingerprint density at radius 1 is 0.786 bits per heavy atom. The van der Waals surface area contributed by atoms with Gasteiger partial charge in [0, 0.05) is 37.1 Å². The number of carbonyl (C=O) groups excluding carboxylic acids is 4. The molecule has 0 aliphatic carbocycles. The van der Waals surface area contributed by atoms with E-state index in [4.69, 9.17) is 17.2 Å². The number of carbonyl (C=O) groups is 4. The lowest BCUT2D eigenvalue weighted by atomic mass is 10.1. The normalized spacial score (nSPS) is 13.6. The third-order valence-electron chi connectivity index (χ3n) is 4.38. The van der Waals surface area contributed by atoms with Crippen LogP contribution in [0, 0.1) is 0 Å². The molecule has 4 amide bonds. The number of amides is 4. The quantitative estimate of drug-likeness (QED) is 0.602. The molecule has 1 aliphatic heterocycles. The van der Waals surface area contributed by atoms with Gasteiger partial charge in [-0.25, -0.2) is 0 Å². The van der Waals surface area contributed by atoms with Gasteiger partial charge in [0.05, 0.1) is 0 Å². The topological polar surface area (TPSA) is 150 Å². The molecule has 154 valence electrons. The first-order valence-electron chi connectivity index (χ1n) is 9.57. The number of nitrogens with two attached hydrogens (primary N) is 3. The number of likely N-dealkylation sites (tertiary alicyclic amines) is 1. The van der Waals surface area contributed by atoms with Crippen LogP contribution in [0.5, 0.6) is 0 Å². The summed E-state index contributed by atoms with van der Waals surface area (Å²) < 4.78 is 0. The minimum atomic E-state index is -0.500. The van der Waals surface area contributed by atoms with Gasteiger partial charge in [-0.1, -0.05) is 18.9 Å². The third kappa shape index (κ3) is 9.16. The predicted molar refractivity (Wildman–Crippen MR) is 106 cm³/mol. The van der Waals surface area contributed by atoms with Gasteiger partial charge in [0.25, 0.3) is 5.91 Å². The van der Waals surface area contributed by atoms with Crippen molar-refractivity contribution in [3.05, 3.63) is 35.4 Å². The van der Waals surface area contributed by atoms with E-state index < -0.39 is 5.91 Å². The lowest BCUT2D eigenvalue weighted by Crippen LogP contribution is -2.32. The molecule has 1 aliphatic rings. The predicted octanol–water partition coefficient (Wildman–Crippen LogP) is 1.32. The average molecular weight is 390 g/mol. The molecular formula is C20H30N4O4. The van der Waals surface area contributed by atoms with Gasteiger partial charge in [-0.3, -0.25) is 19.2 Å². The summed E-state index contributed by atoms with van der Waals surface area (Å²) in [5, 5.41) is 0. The highest BCUT2D eigenvalue weighted by Gasteiger charge is 2.17. The maximum Gasteiger partial charge on any atom is 0.253 e. The van der Waals surface area contributed by atoms with Gasteiger partial charge in [0.2, 0.25) is 17.7 Å². The van der Waals surface area contributed by atoms with E-state index in [1.54, 1.807) is 24.3 Å². The van der Waals surface area contributed by atoms with Crippen LogP contribution in [0.1, 0.15) is 72.1 Å². The maximum absolute atomic E-state index is 12.3. The molecule has 2 rings (SSSR count). The fourth-order valence-electron chi connectivity index (χ4n) is 2.86. The van der Waals surface area contributed by atoms with Gasteiger partial charge < -0.3 is 22.1 Å². The highest BCUT2D eigenvalue weighted by Crippen LogP contribution is 2.14. The van der Waals surface area contributed by atoms with Crippen molar-refractivity contribution in [2.45, 2.75) is 51.4 Å². The number of unbranched alkanes of at least 4 members (excludes halogenated alkanes) is 1. The Morgan fingerprint density at radius 3 is 1.75 bits per heavy atom. The fourth-order valence-corrected chi connectivity index (χ4v) is 2.86. The highest BCUT2D eigenvalue weighted by molar-refractivity contribution is 5.99. The first-order valence-corrected chi connectivity index (χ1v) is 9.57. The van der Waals surface area contributed by atoms with E-state index in [1.165, 1.54) is 12.8 Å². The molecule has 0 unspecified atom stereocenters. The molecule has 0 atom stereocenters. The van der Waals surface area contributed by atoms with Crippen molar-refractivity contribution < 1.29 is 19.2 Å². The zero-order valence-corrected chi connectivity index (χ0v) is 16.2. The van der Waals surface area contributed by atoms with E-state index in [0.29, 0.717) is 36.8 Å². The van der Waals surface area contributed by atoms with Crippen molar-refractivity contribution in [2.75, 3.05) is 13.1 Å². The Bertz CT molecular complexity index is 667. The van der Waals surface area contributed by atoms with Gasteiger partial charge >= 0.3 is 0 Å². The van der Waals surface area contributed by atoms with Crippen LogP contribution in [0.2, 0.25) is 0 Å². The second-order valence-corrected chi connectivity index (χ2v) is 6.79. The van der Waals surface area contributed by atoms with Crippen LogP contribution in [-0.4, -0.2) is 41.6 Å². The largest absolute Gasteiger partial charge is 0.370 e. The molecular weight excluding hydrogens is 360 g/mol. The minimum Gasteiger partial charge on any atom is -0.370 e. The van der Waals surface area contributed by atoms with Crippen LogP contribution in [-0.2, 0) is 9.59 Å². The molecule has 1 heterocycles. The highest BCUT2D eigenvalue weighted by atomic mass is 16.2. The van der Waals surface area contributed by atoms with Crippen LogP contribution in [0.25, 0.3) is 0 Å². The Labute approximate surface area is 165 Å². The molecule has 0 radical (unpaired) electrons. The van der Waals surface area contributed by atoms with Crippen LogP contribution in [0.3, 0.4) is 0 Å². The third-order valence-corrected chi connectivity index (χ3v) is 4.38. The SMILES string of the molecule is NC(=O)CCCCC(N)=O.NC(=O)c1cccc(C(=O)N2CCCCCC2)c1. The number of nitrogens with zero attached hydrogens (tertiary/aromatic N) is 1. The first-order chi connectivity index (χ1) is 13.3. The van der Waals surface area contributed by atoms with E-state index in [2.05, 4.69) is 0 Å². The number of hydrogen-bond donors (Lipinski definition) is 3. The number of rotatable bonds is 7. The molecule has 1 saturated heterocycles. The van der Waals surface area contributed by atoms with E-state index in [0.717, 1.165) is 25.9 Å². The van der Waals surface area contributed by atoms with Gasteiger partial charge in [0.1, 0.15) is 0 Å². The Balaban J connectivity index is 0.000000336. The Morgan fingerprint density at radius 2 is 1.29 bits per heavy atom. The van der Waals surface area contributed by atoms with Gasteiger partial charge in [-0.05, 0) is 43.9 Å². The van der Waals surface area contributed by atoms with Crippen LogP contribution < -0.4 is 17.2 Å². The first kappa shape index (κ1) is 23.1. The Kier molecular flexibility index (Phi) is 10.3. The van der Waals surface area contributed by atoms with Crippen LogP contribution in [0.4, 0.5) is 0 Å². The molecule has 0 aromatic heterocycles. The van der Waals surface area contributed by atoms with Gasteiger partial charge in [0.15, 0.2) is 0 Å². The monoisotopic (exact) mass is 390 g/mol. The second-order valence-electron chi connectivity index (χ2n) is 6.79. The summed E-state index contributed by atoms with van der Waals surface area (Å²) in [5.41, 5.74) is 15.9. The van der Waals surface area contributed by atoms with Crippen molar-refractivity contribution in [2.24, 2.45) is 17.2 Å². The molecule has 1 aromatic carbocycles. The molecule has 8 heteroatoms. The number of primary amides is 3. The zero-order valence-electron chi connectivity index (χ0n) is 16.2. The van der Waals surface area contributed by atoms with Crippen LogP contribution in [0.15, 0.2) is 24.3 Å². The summed E-state index contributed by atoms with van der Waals surface area (Å²) in [4.78, 5) is 45.6. The van der Waals surface area contributed by atoms with Gasteiger partial charge in [-0.2, -0.15) is 0 Å². The average Bonchev–Trinajstić information content (AvgIpc) is 2.94. The van der Waals surface area contributed by atoms with E-state index in [9.17, 15) is 19.2 Å². The lowest BCUT2D eigenvalue weighted by molar-refractivity contribution is -0.119. The molecule has 6 N–H and O–H groups in total. The van der Waals surface area contributed by atoms with E-state index in [-0.39, 0.29) is 17.7 Å². The Hall–Kier alpha value is -2.90. The summed E-state index contributed by atoms with van der Waals surface area (Å²) in [6, 6.07) is 6.64. The summed E-state index contributed by atoms with van der Waals surface area (Å²) in [6.07, 6.45) is 6.47. The van der Waals surface area contributed by atoms with Crippen molar-refractivity contribution in [1.82, 2.24) is 4.90 Å². The maximum atomic E-state index is 12.3. The fraction of sp³-hybridized carbons (Fsp3) is 0.500. The molecule has 0 spiro atoms. The van der Waals surface area contributed by atoms with Gasteiger partial charge in [-0.15, -0.1) is 0 Å². The minimum absolute atomic E-state index is 0.000000000000000444. The molecule has 8 nitrogen and oxygen atoms in total. The summed E-state index contributed by atoms with van der Waals surface area (Å²) >= 11 is 0. The number of hydrogen-bond acceptors (Lipinski definition) is 4. The summed E-state index contributed by atoms with van der Waals surface area (Å²) in [5.74, 6) is -1.16. The summed E-state index contributed by atoms with van der Waals surface area (Å²) in [6.45, 7) is 1.61. The molecule has 0 bridgehead atoms. The van der Waals surface area contributed by atoms with Crippen molar-refractivity contribution in [1.29, 1.82) is 0 Å². The zero-order chi connectivity index (χ0) is 20.9. The van der Waals surface area contributed by atoms with Crippen molar-refractivity contribution in [3.63, 3.8) is 0 Å². The molecule has 0 saturated carbocycles. The smallest absolute Gasteiger partial charge is 0.253 e. The van der Waals surface area contributed by atoms with E-state index in [1.807, 2.05) is 4.90 Å². The van der Waals surface area contributed by atoms with Crippen LogP contribution >= 0.6 is 0 Å². The standard InChI is InChI=1S/C14H18N2O2.C6H12N2O2/c15-13(17)11-6-5-7-12(10-11)14(18)16-8-3-1-2-4-9-16;7-5(9)3-1-2-4-6(8)10/h5-7,10H,1-4,8-9H2,(H2,15,17);1-4H2,(H2,7,9)(H2,8,10). The van der Waals surface area contributed by atoms with Crippen molar-refractivity contribution in [3.8, 4) is 0 Å². The second kappa shape index (κ2) is 12.5. The number of benzene rings is 1. The lowest BCUT2D eigenvalue weighted by Gasteiger charge is -2.20. The molecule has 28 heavy (non-hydrogen) atoms. The molecule has 1 aromatic rings.